The summed E-state index contributed by atoms with van der Waals surface area (Å²) in [7, 11) is 0. The number of benzene rings is 2. The van der Waals surface area contributed by atoms with Crippen LogP contribution in [0.2, 0.25) is 0 Å². The lowest BCUT2D eigenvalue weighted by atomic mass is 10.2. The van der Waals surface area contributed by atoms with E-state index in [4.69, 9.17) is 9.15 Å². The number of hydrogen-bond acceptors (Lipinski definition) is 4. The van der Waals surface area contributed by atoms with E-state index in [0.717, 1.165) is 5.76 Å². The molecule has 7 heteroatoms. The van der Waals surface area contributed by atoms with Crippen LogP contribution >= 0.6 is 0 Å². The summed E-state index contributed by atoms with van der Waals surface area (Å²) in [6.07, 6.45) is 2.14. The zero-order valence-corrected chi connectivity index (χ0v) is 15.0. The van der Waals surface area contributed by atoms with Gasteiger partial charge in [-0.05, 0) is 36.4 Å². The largest absolute Gasteiger partial charge is 0.483 e. The molecular formula is C21H19FN2O4. The number of rotatable bonds is 8. The molecule has 0 atom stereocenters. The SMILES string of the molecule is O=C(COc1ccccc1C(=O)NCCc1ccco1)Nc1ccccc1F. The lowest BCUT2D eigenvalue weighted by Crippen LogP contribution is -2.27. The van der Waals surface area contributed by atoms with E-state index in [1.165, 1.54) is 18.2 Å². The number of carbonyl (C=O) groups excluding carboxylic acids is 2. The van der Waals surface area contributed by atoms with E-state index in [1.54, 1.807) is 42.7 Å². The third-order valence-corrected chi connectivity index (χ3v) is 3.88. The third-order valence-electron chi connectivity index (χ3n) is 3.88. The first-order chi connectivity index (χ1) is 13.6. The van der Waals surface area contributed by atoms with Crippen LogP contribution in [0.1, 0.15) is 16.1 Å². The van der Waals surface area contributed by atoms with Crippen molar-refractivity contribution in [3.63, 3.8) is 0 Å². The van der Waals surface area contributed by atoms with Crippen LogP contribution in [-0.4, -0.2) is 25.0 Å². The highest BCUT2D eigenvalue weighted by Crippen LogP contribution is 2.18. The fourth-order valence-corrected chi connectivity index (χ4v) is 2.52. The molecule has 0 bridgehead atoms. The molecule has 0 aliphatic rings. The Morgan fingerprint density at radius 1 is 1.00 bits per heavy atom. The van der Waals surface area contributed by atoms with Gasteiger partial charge >= 0.3 is 0 Å². The molecule has 0 spiro atoms. The number of halogens is 1. The Hall–Kier alpha value is -3.61. The first-order valence-corrected chi connectivity index (χ1v) is 8.70. The lowest BCUT2D eigenvalue weighted by Gasteiger charge is -2.12. The maximum Gasteiger partial charge on any atom is 0.262 e. The smallest absolute Gasteiger partial charge is 0.262 e. The van der Waals surface area contributed by atoms with Crippen LogP contribution in [0.5, 0.6) is 5.75 Å². The van der Waals surface area contributed by atoms with Gasteiger partial charge in [0.2, 0.25) is 0 Å². The second-order valence-electron chi connectivity index (χ2n) is 5.90. The van der Waals surface area contributed by atoms with Crippen LogP contribution in [0.25, 0.3) is 0 Å². The predicted molar refractivity (Wildman–Crippen MR) is 102 cm³/mol. The highest BCUT2D eigenvalue weighted by Gasteiger charge is 2.14. The summed E-state index contributed by atoms with van der Waals surface area (Å²) in [5.41, 5.74) is 0.376. The van der Waals surface area contributed by atoms with Crippen molar-refractivity contribution in [2.45, 2.75) is 6.42 Å². The highest BCUT2D eigenvalue weighted by molar-refractivity contribution is 5.97. The minimum atomic E-state index is -0.535. The molecule has 1 aromatic heterocycles. The number of para-hydroxylation sites is 2. The first kappa shape index (κ1) is 19.2. The molecule has 0 saturated carbocycles. The molecule has 0 saturated heterocycles. The quantitative estimate of drug-likeness (QED) is 0.626. The molecule has 3 rings (SSSR count). The summed E-state index contributed by atoms with van der Waals surface area (Å²) >= 11 is 0. The van der Waals surface area contributed by atoms with Crippen LogP contribution in [0.3, 0.4) is 0 Å². The number of amides is 2. The zero-order chi connectivity index (χ0) is 19.8. The van der Waals surface area contributed by atoms with E-state index in [0.29, 0.717) is 18.5 Å². The van der Waals surface area contributed by atoms with Crippen LogP contribution in [-0.2, 0) is 11.2 Å². The molecule has 0 unspecified atom stereocenters. The van der Waals surface area contributed by atoms with Gasteiger partial charge in [0, 0.05) is 13.0 Å². The molecule has 1 heterocycles. The van der Waals surface area contributed by atoms with Gasteiger partial charge in [-0.2, -0.15) is 0 Å². The second-order valence-corrected chi connectivity index (χ2v) is 5.90. The van der Waals surface area contributed by atoms with Crippen molar-refractivity contribution in [3.8, 4) is 5.75 Å². The zero-order valence-electron chi connectivity index (χ0n) is 15.0. The van der Waals surface area contributed by atoms with Crippen LogP contribution in [0.15, 0.2) is 71.3 Å². The molecule has 2 N–H and O–H groups in total. The Balaban J connectivity index is 1.55. The van der Waals surface area contributed by atoms with E-state index in [-0.39, 0.29) is 24.0 Å². The van der Waals surface area contributed by atoms with Gasteiger partial charge in [0.15, 0.2) is 6.61 Å². The van der Waals surface area contributed by atoms with Gasteiger partial charge in [-0.1, -0.05) is 24.3 Å². The summed E-state index contributed by atoms with van der Waals surface area (Å²) in [6.45, 7) is 0.0411. The maximum absolute atomic E-state index is 13.6. The van der Waals surface area contributed by atoms with Gasteiger partial charge in [-0.15, -0.1) is 0 Å². The van der Waals surface area contributed by atoms with Crippen molar-refractivity contribution in [2.75, 3.05) is 18.5 Å². The minimum absolute atomic E-state index is 0.0695. The monoisotopic (exact) mass is 382 g/mol. The molecular weight excluding hydrogens is 363 g/mol. The minimum Gasteiger partial charge on any atom is -0.483 e. The van der Waals surface area contributed by atoms with Gasteiger partial charge in [-0.25, -0.2) is 4.39 Å². The molecule has 0 fully saturated rings. The van der Waals surface area contributed by atoms with Crippen molar-refractivity contribution in [1.29, 1.82) is 0 Å². The standard InChI is InChI=1S/C21H19FN2O4/c22-17-8-2-3-9-18(17)24-20(25)14-28-19-10-4-1-7-16(19)21(26)23-12-11-15-6-5-13-27-15/h1-10,13H,11-12,14H2,(H,23,26)(H,24,25). The van der Waals surface area contributed by atoms with Gasteiger partial charge in [0.1, 0.15) is 17.3 Å². The van der Waals surface area contributed by atoms with Crippen LogP contribution < -0.4 is 15.4 Å². The summed E-state index contributed by atoms with van der Waals surface area (Å²) in [6, 6.07) is 16.1. The van der Waals surface area contributed by atoms with E-state index in [2.05, 4.69) is 10.6 Å². The summed E-state index contributed by atoms with van der Waals surface area (Å²) < 4.78 is 24.3. The Bertz CT molecular complexity index is 941. The topological polar surface area (TPSA) is 80.6 Å². The van der Waals surface area contributed by atoms with Crippen molar-refractivity contribution in [3.05, 3.63) is 84.1 Å². The summed E-state index contributed by atoms with van der Waals surface area (Å²) in [5, 5.41) is 5.21. The fourth-order valence-electron chi connectivity index (χ4n) is 2.52. The number of carbonyl (C=O) groups is 2. The maximum atomic E-state index is 13.6. The Morgan fingerprint density at radius 3 is 2.57 bits per heavy atom. The van der Waals surface area contributed by atoms with E-state index in [9.17, 15) is 14.0 Å². The number of nitrogens with one attached hydrogen (secondary N) is 2. The van der Waals surface area contributed by atoms with Crippen molar-refractivity contribution in [2.24, 2.45) is 0 Å². The number of hydrogen-bond donors (Lipinski definition) is 2. The van der Waals surface area contributed by atoms with Crippen LogP contribution in [0.4, 0.5) is 10.1 Å². The lowest BCUT2D eigenvalue weighted by molar-refractivity contribution is -0.118. The number of ether oxygens (including phenoxy) is 1. The first-order valence-electron chi connectivity index (χ1n) is 8.70. The third kappa shape index (κ3) is 5.20. The normalized spacial score (nSPS) is 10.3. The second kappa shape index (κ2) is 9.36. The molecule has 0 aliphatic carbocycles. The molecule has 0 aliphatic heterocycles. The van der Waals surface area contributed by atoms with Gasteiger partial charge in [0.05, 0.1) is 17.5 Å². The molecule has 2 aromatic carbocycles. The average molecular weight is 382 g/mol. The molecule has 0 radical (unpaired) electrons. The van der Waals surface area contributed by atoms with E-state index >= 15 is 0 Å². The summed E-state index contributed by atoms with van der Waals surface area (Å²) in [4.78, 5) is 24.4. The average Bonchev–Trinajstić information content (AvgIpc) is 3.22. The molecule has 2 amide bonds. The Kier molecular flexibility index (Phi) is 6.41. The molecule has 6 nitrogen and oxygen atoms in total. The highest BCUT2D eigenvalue weighted by atomic mass is 19.1. The Labute approximate surface area is 161 Å². The van der Waals surface area contributed by atoms with Crippen LogP contribution in [0, 0.1) is 5.82 Å². The van der Waals surface area contributed by atoms with Gasteiger partial charge in [0.25, 0.3) is 11.8 Å². The Morgan fingerprint density at radius 2 is 1.79 bits per heavy atom. The van der Waals surface area contributed by atoms with E-state index in [1.807, 2.05) is 6.07 Å². The van der Waals surface area contributed by atoms with Gasteiger partial charge < -0.3 is 19.8 Å². The molecule has 144 valence electrons. The molecule has 3 aromatic rings. The molecule has 28 heavy (non-hydrogen) atoms. The number of furan rings is 1. The van der Waals surface area contributed by atoms with E-state index < -0.39 is 11.7 Å². The van der Waals surface area contributed by atoms with Crippen molar-refractivity contribution in [1.82, 2.24) is 5.32 Å². The summed E-state index contributed by atoms with van der Waals surface area (Å²) in [5.74, 6) is -0.349. The number of anilines is 1. The van der Waals surface area contributed by atoms with Gasteiger partial charge in [-0.3, -0.25) is 9.59 Å². The van der Waals surface area contributed by atoms with Crippen molar-refractivity contribution < 1.29 is 23.1 Å². The van der Waals surface area contributed by atoms with Crippen molar-refractivity contribution >= 4 is 17.5 Å². The fraction of sp³-hybridized carbons (Fsp3) is 0.143. The predicted octanol–water partition coefficient (Wildman–Crippen LogP) is 3.41.